The van der Waals surface area contributed by atoms with Crippen LogP contribution in [0.2, 0.25) is 0 Å². The first-order chi connectivity index (χ1) is 15.7. The van der Waals surface area contributed by atoms with E-state index in [1.165, 1.54) is 37.7 Å². The van der Waals surface area contributed by atoms with Gasteiger partial charge in [0, 0.05) is 26.8 Å². The molecule has 0 radical (unpaired) electrons. The molecule has 1 aliphatic heterocycles. The van der Waals surface area contributed by atoms with E-state index in [1.54, 1.807) is 29.7 Å². The van der Waals surface area contributed by atoms with Crippen molar-refractivity contribution in [3.05, 3.63) is 48.2 Å². The number of ether oxygens (including phenoxy) is 3. The summed E-state index contributed by atoms with van der Waals surface area (Å²) in [7, 11) is 6.37. The fourth-order valence-electron chi connectivity index (χ4n) is 2.85. The van der Waals surface area contributed by atoms with Crippen molar-refractivity contribution >= 4 is 39.6 Å². The van der Waals surface area contributed by atoms with Gasteiger partial charge in [-0.25, -0.2) is 4.79 Å². The molecule has 0 aromatic heterocycles. The molecule has 1 aromatic rings. The zero-order chi connectivity index (χ0) is 24.9. The zero-order valence-electron chi connectivity index (χ0n) is 19.9. The number of carbonyl (C=O) groups excluding carboxylic acids is 3. The minimum atomic E-state index is -1.37. The van der Waals surface area contributed by atoms with Crippen LogP contribution in [0.5, 0.6) is 0 Å². The Morgan fingerprint density at radius 2 is 1.88 bits per heavy atom. The van der Waals surface area contributed by atoms with E-state index in [9.17, 15) is 14.4 Å². The lowest BCUT2D eigenvalue weighted by atomic mass is 10.0. The Morgan fingerprint density at radius 1 is 1.21 bits per heavy atom. The molecule has 1 N–H and O–H groups in total. The van der Waals surface area contributed by atoms with Crippen LogP contribution >= 0.6 is 21.6 Å². The predicted octanol–water partition coefficient (Wildman–Crippen LogP) is 4.71. The van der Waals surface area contributed by atoms with E-state index in [-0.39, 0.29) is 23.9 Å². The number of hydrogen-bond donors (Lipinski definition) is 1. The Bertz CT molecular complexity index is 780. The smallest absolute Gasteiger partial charge is 0.410 e. The first-order valence-electron chi connectivity index (χ1n) is 10.6. The molecule has 0 spiro atoms. The number of nitrogens with one attached hydrogen (secondary N) is 1. The second-order valence-electron chi connectivity index (χ2n) is 7.32. The quantitative estimate of drug-likeness (QED) is 0.117. The number of hydrogen-bond acceptors (Lipinski definition) is 8. The average Bonchev–Trinajstić information content (AvgIpc) is 2.78. The number of allylic oxidation sites excluding steroid dienone is 1. The molecule has 1 aliphatic rings. The topological polar surface area (TPSA) is 94.2 Å². The van der Waals surface area contributed by atoms with Gasteiger partial charge in [-0.3, -0.25) is 14.9 Å². The zero-order valence-corrected chi connectivity index (χ0v) is 21.6. The van der Waals surface area contributed by atoms with Crippen molar-refractivity contribution in [2.45, 2.75) is 57.7 Å². The minimum Gasteiger partial charge on any atom is -0.445 e. The van der Waals surface area contributed by atoms with E-state index in [0.717, 1.165) is 17.7 Å². The predicted molar refractivity (Wildman–Crippen MR) is 132 cm³/mol. The molecule has 2 amide bonds. The second-order valence-corrected chi connectivity index (χ2v) is 9.88. The van der Waals surface area contributed by atoms with Crippen LogP contribution in [0, 0.1) is 0 Å². The summed E-state index contributed by atoms with van der Waals surface area (Å²) in [5.41, 5.74) is -0.492. The van der Waals surface area contributed by atoms with Crippen molar-refractivity contribution in [1.82, 2.24) is 10.2 Å². The fourth-order valence-corrected chi connectivity index (χ4v) is 5.83. The van der Waals surface area contributed by atoms with Gasteiger partial charge in [0.25, 0.3) is 11.6 Å². The van der Waals surface area contributed by atoms with E-state index >= 15 is 0 Å². The van der Waals surface area contributed by atoms with E-state index in [2.05, 4.69) is 23.6 Å². The van der Waals surface area contributed by atoms with E-state index < -0.39 is 11.8 Å². The summed E-state index contributed by atoms with van der Waals surface area (Å²) in [5.74, 6) is 0.846. The maximum absolute atomic E-state index is 12.4. The van der Waals surface area contributed by atoms with Crippen LogP contribution in [0.1, 0.15) is 45.6 Å². The van der Waals surface area contributed by atoms with Crippen molar-refractivity contribution in [2.75, 3.05) is 19.9 Å². The molecule has 10 heteroatoms. The van der Waals surface area contributed by atoms with Crippen LogP contribution in [-0.2, 0) is 30.4 Å². The lowest BCUT2D eigenvalue weighted by molar-refractivity contribution is -0.188. The number of β-lactam (4-membered cyclic amide) rings is 1. The molecule has 1 aromatic carbocycles. The standard InChI is InChI=1S/C18H26N2O4S2.C5H8O2/c1-4-5-9-12-25-26-16-18(23-3,15(21)20(16)2)19-17(22)24-13-14-10-7-6-8-11-14;1-4(2)7-5(3)6/h6-8,10-11,16H,4-5,9,12-13H2,1-3H3,(H,19,22);1H2,2-3H3/t16-,18+;/m1./s1. The Morgan fingerprint density at radius 3 is 2.39 bits per heavy atom. The molecule has 2 atom stereocenters. The molecule has 0 saturated carbocycles. The van der Waals surface area contributed by atoms with Gasteiger partial charge in [0.15, 0.2) is 0 Å². The molecular weight excluding hydrogens is 464 g/mol. The summed E-state index contributed by atoms with van der Waals surface area (Å²) in [4.78, 5) is 36.1. The summed E-state index contributed by atoms with van der Waals surface area (Å²) in [6.07, 6.45) is 2.82. The summed E-state index contributed by atoms with van der Waals surface area (Å²) < 4.78 is 15.1. The van der Waals surface area contributed by atoms with E-state index in [1.807, 2.05) is 30.3 Å². The number of likely N-dealkylation sites (tertiary alicyclic amines) is 1. The highest BCUT2D eigenvalue weighted by Gasteiger charge is 2.62. The van der Waals surface area contributed by atoms with Gasteiger partial charge in [-0.1, -0.05) is 78.3 Å². The molecule has 184 valence electrons. The van der Waals surface area contributed by atoms with Crippen LogP contribution in [0.15, 0.2) is 42.7 Å². The Balaban J connectivity index is 0.000000675. The summed E-state index contributed by atoms with van der Waals surface area (Å²) in [6.45, 7) is 8.62. The van der Waals surface area contributed by atoms with Crippen LogP contribution in [0.25, 0.3) is 0 Å². The molecule has 2 rings (SSSR count). The maximum Gasteiger partial charge on any atom is 0.410 e. The Labute approximate surface area is 204 Å². The van der Waals surface area contributed by atoms with Crippen molar-refractivity contribution in [1.29, 1.82) is 0 Å². The lowest BCUT2D eigenvalue weighted by Gasteiger charge is -2.51. The summed E-state index contributed by atoms with van der Waals surface area (Å²) in [5, 5.41) is 2.33. The van der Waals surface area contributed by atoms with Gasteiger partial charge in [-0.05, 0) is 18.9 Å². The number of likely N-dealkylation sites (N-methyl/N-ethyl adjacent to an activating group) is 1. The molecule has 0 aliphatic carbocycles. The Hall–Kier alpha value is -2.17. The average molecular weight is 499 g/mol. The lowest BCUT2D eigenvalue weighted by Crippen LogP contribution is -2.78. The molecule has 0 bridgehead atoms. The number of alkyl carbamates (subject to hydrolysis) is 1. The van der Waals surface area contributed by atoms with E-state index in [0.29, 0.717) is 5.76 Å². The number of carbonyl (C=O) groups is 3. The summed E-state index contributed by atoms with van der Waals surface area (Å²) in [6, 6.07) is 9.38. The normalized spacial score (nSPS) is 19.0. The first-order valence-corrected chi connectivity index (χ1v) is 13.0. The van der Waals surface area contributed by atoms with E-state index in [4.69, 9.17) is 9.47 Å². The number of unbranched alkanes of at least 4 members (excludes halogenated alkanes) is 2. The number of rotatable bonds is 11. The summed E-state index contributed by atoms with van der Waals surface area (Å²) >= 11 is 0. The van der Waals surface area contributed by atoms with Gasteiger partial charge in [-0.15, -0.1) is 0 Å². The van der Waals surface area contributed by atoms with Crippen molar-refractivity contribution in [3.63, 3.8) is 0 Å². The highest BCUT2D eigenvalue weighted by Crippen LogP contribution is 2.43. The van der Waals surface area contributed by atoms with Gasteiger partial charge >= 0.3 is 12.1 Å². The van der Waals surface area contributed by atoms with Crippen molar-refractivity contribution < 1.29 is 28.6 Å². The molecule has 1 heterocycles. The van der Waals surface area contributed by atoms with Crippen molar-refractivity contribution in [2.24, 2.45) is 0 Å². The number of benzene rings is 1. The van der Waals surface area contributed by atoms with Gasteiger partial charge in [0.2, 0.25) is 0 Å². The molecule has 1 fully saturated rings. The SMILES string of the molecule is C=C(C)OC(C)=O.CCCCCSS[C@H]1N(C)C(=O)[C@]1(NC(=O)OCc1ccccc1)OC. The molecule has 8 nitrogen and oxygen atoms in total. The highest BCUT2D eigenvalue weighted by molar-refractivity contribution is 8.77. The Kier molecular flexibility index (Phi) is 13.0. The van der Waals surface area contributed by atoms with Crippen LogP contribution < -0.4 is 5.32 Å². The van der Waals surface area contributed by atoms with Crippen LogP contribution in [-0.4, -0.2) is 53.9 Å². The third-order valence-corrected chi connectivity index (χ3v) is 7.35. The number of esters is 1. The molecular formula is C23H34N2O6S2. The first kappa shape index (κ1) is 28.9. The van der Waals surface area contributed by atoms with Crippen LogP contribution in [0.3, 0.4) is 0 Å². The highest BCUT2D eigenvalue weighted by atomic mass is 33.1. The molecule has 1 saturated heterocycles. The molecule has 33 heavy (non-hydrogen) atoms. The fraction of sp³-hybridized carbons (Fsp3) is 0.522. The van der Waals surface area contributed by atoms with Gasteiger partial charge < -0.3 is 19.1 Å². The molecule has 0 unspecified atom stereocenters. The minimum absolute atomic E-state index is 0.139. The van der Waals surface area contributed by atoms with Gasteiger partial charge in [0.05, 0.1) is 5.76 Å². The monoisotopic (exact) mass is 498 g/mol. The number of amides is 2. The second kappa shape index (κ2) is 14.9. The number of nitrogens with zero attached hydrogens (tertiary/aromatic N) is 1. The largest absolute Gasteiger partial charge is 0.445 e. The third kappa shape index (κ3) is 9.30. The number of methoxy groups -OCH3 is 1. The van der Waals surface area contributed by atoms with Crippen LogP contribution in [0.4, 0.5) is 4.79 Å². The van der Waals surface area contributed by atoms with Gasteiger partial charge in [-0.2, -0.15) is 0 Å². The third-order valence-electron chi connectivity index (χ3n) is 4.47. The van der Waals surface area contributed by atoms with Gasteiger partial charge in [0.1, 0.15) is 12.0 Å². The van der Waals surface area contributed by atoms with Crippen molar-refractivity contribution in [3.8, 4) is 0 Å². The maximum atomic E-state index is 12.4.